The molecule has 0 atom stereocenters. The Morgan fingerprint density at radius 1 is 1.38 bits per heavy atom. The Hall–Kier alpha value is -2.67. The molecule has 1 amide bonds. The molecule has 21 heavy (non-hydrogen) atoms. The number of pyridine rings is 1. The first kappa shape index (κ1) is 14.7. The maximum Gasteiger partial charge on any atom is 0.300 e. The van der Waals surface area contributed by atoms with Crippen LogP contribution < -0.4 is 10.1 Å². The van der Waals surface area contributed by atoms with E-state index in [-0.39, 0.29) is 10.7 Å². The third-order valence-corrected chi connectivity index (χ3v) is 2.85. The van der Waals surface area contributed by atoms with E-state index in [0.29, 0.717) is 11.4 Å². The zero-order valence-electron chi connectivity index (χ0n) is 10.9. The minimum atomic E-state index is -0.688. The lowest BCUT2D eigenvalue weighted by Gasteiger charge is -2.07. The van der Waals surface area contributed by atoms with Gasteiger partial charge in [0.15, 0.2) is 0 Å². The van der Waals surface area contributed by atoms with Gasteiger partial charge in [0.25, 0.3) is 11.6 Å². The summed E-state index contributed by atoms with van der Waals surface area (Å²) < 4.78 is 5.00. The Balaban J connectivity index is 2.27. The van der Waals surface area contributed by atoms with Crippen molar-refractivity contribution in [3.63, 3.8) is 0 Å². The van der Waals surface area contributed by atoms with Crippen LogP contribution in [0.5, 0.6) is 5.75 Å². The van der Waals surface area contributed by atoms with Crippen molar-refractivity contribution in [1.82, 2.24) is 4.98 Å². The standard InChI is InChI=1S/C13H10ClN3O4/c1-21-9-4-2-8(3-5-9)16-13(18)10-6-12(14)15-7-11(10)17(19)20/h2-7H,1H3,(H,16,18). The molecule has 2 aromatic rings. The number of halogens is 1. The van der Waals surface area contributed by atoms with Crippen molar-refractivity contribution in [1.29, 1.82) is 0 Å². The van der Waals surface area contributed by atoms with Crippen LogP contribution in [0.1, 0.15) is 10.4 Å². The van der Waals surface area contributed by atoms with Crippen molar-refractivity contribution in [2.75, 3.05) is 12.4 Å². The number of nitrogens with one attached hydrogen (secondary N) is 1. The van der Waals surface area contributed by atoms with Gasteiger partial charge < -0.3 is 10.1 Å². The van der Waals surface area contributed by atoms with Crippen molar-refractivity contribution in [3.05, 3.63) is 57.4 Å². The predicted molar refractivity (Wildman–Crippen MR) is 76.8 cm³/mol. The zero-order valence-corrected chi connectivity index (χ0v) is 11.6. The van der Waals surface area contributed by atoms with Crippen molar-refractivity contribution < 1.29 is 14.5 Å². The summed E-state index contributed by atoms with van der Waals surface area (Å²) in [5, 5.41) is 13.4. The quantitative estimate of drug-likeness (QED) is 0.532. The molecule has 0 spiro atoms. The third kappa shape index (κ3) is 3.46. The number of methoxy groups -OCH3 is 1. The first-order valence-electron chi connectivity index (χ1n) is 5.76. The van der Waals surface area contributed by atoms with Crippen LogP contribution in [0.2, 0.25) is 5.15 Å². The molecule has 0 bridgehead atoms. The number of aromatic nitrogens is 1. The van der Waals surface area contributed by atoms with Gasteiger partial charge in [0.1, 0.15) is 22.7 Å². The highest BCUT2D eigenvalue weighted by atomic mass is 35.5. The number of nitro groups is 1. The highest BCUT2D eigenvalue weighted by molar-refractivity contribution is 6.30. The first-order valence-corrected chi connectivity index (χ1v) is 6.14. The molecule has 0 unspecified atom stereocenters. The topological polar surface area (TPSA) is 94.4 Å². The lowest BCUT2D eigenvalue weighted by atomic mass is 10.2. The van der Waals surface area contributed by atoms with E-state index in [1.807, 2.05) is 0 Å². The molecule has 0 radical (unpaired) electrons. The molecular weight excluding hydrogens is 298 g/mol. The smallest absolute Gasteiger partial charge is 0.300 e. The maximum atomic E-state index is 12.1. The van der Waals surface area contributed by atoms with E-state index in [9.17, 15) is 14.9 Å². The van der Waals surface area contributed by atoms with Crippen LogP contribution in [0.15, 0.2) is 36.5 Å². The number of carbonyl (C=O) groups is 1. The molecule has 0 aliphatic carbocycles. The Bertz CT molecular complexity index is 688. The van der Waals surface area contributed by atoms with Gasteiger partial charge in [0.2, 0.25) is 0 Å². The van der Waals surface area contributed by atoms with E-state index in [4.69, 9.17) is 16.3 Å². The summed E-state index contributed by atoms with van der Waals surface area (Å²) in [7, 11) is 1.52. The zero-order chi connectivity index (χ0) is 15.4. The maximum absolute atomic E-state index is 12.1. The Morgan fingerprint density at radius 2 is 2.05 bits per heavy atom. The Morgan fingerprint density at radius 3 is 2.62 bits per heavy atom. The molecule has 0 saturated heterocycles. The Kier molecular flexibility index (Phi) is 4.34. The summed E-state index contributed by atoms with van der Waals surface area (Å²) >= 11 is 5.68. The van der Waals surface area contributed by atoms with Crippen molar-refractivity contribution in [2.24, 2.45) is 0 Å². The molecule has 1 aromatic carbocycles. The second kappa shape index (κ2) is 6.19. The number of rotatable bonds is 4. The highest BCUT2D eigenvalue weighted by Crippen LogP contribution is 2.22. The first-order chi connectivity index (χ1) is 10.0. The van der Waals surface area contributed by atoms with Crippen LogP contribution in [0.4, 0.5) is 11.4 Å². The molecule has 0 fully saturated rings. The second-order valence-corrected chi connectivity index (χ2v) is 4.35. The molecule has 1 aromatic heterocycles. The van der Waals surface area contributed by atoms with E-state index >= 15 is 0 Å². The summed E-state index contributed by atoms with van der Waals surface area (Å²) in [5.41, 5.74) is -0.0933. The minimum Gasteiger partial charge on any atom is -0.497 e. The van der Waals surface area contributed by atoms with Gasteiger partial charge in [-0.05, 0) is 30.3 Å². The monoisotopic (exact) mass is 307 g/mol. The van der Waals surface area contributed by atoms with E-state index in [2.05, 4.69) is 10.3 Å². The number of anilines is 1. The molecule has 1 N–H and O–H groups in total. The van der Waals surface area contributed by atoms with Crippen LogP contribution >= 0.6 is 11.6 Å². The predicted octanol–water partition coefficient (Wildman–Crippen LogP) is 2.90. The molecule has 2 rings (SSSR count). The van der Waals surface area contributed by atoms with E-state index in [1.54, 1.807) is 24.3 Å². The van der Waals surface area contributed by atoms with Crippen LogP contribution in [-0.2, 0) is 0 Å². The fourth-order valence-corrected chi connectivity index (χ4v) is 1.78. The van der Waals surface area contributed by atoms with Crippen LogP contribution in [0.3, 0.4) is 0 Å². The van der Waals surface area contributed by atoms with E-state index in [1.165, 1.54) is 7.11 Å². The summed E-state index contributed by atoms with van der Waals surface area (Å²) in [5.74, 6) is -0.0119. The van der Waals surface area contributed by atoms with Crippen LogP contribution in [-0.4, -0.2) is 22.9 Å². The number of ether oxygens (including phenoxy) is 1. The number of carbonyl (C=O) groups excluding carboxylic acids is 1. The SMILES string of the molecule is COc1ccc(NC(=O)c2cc(Cl)ncc2[N+](=O)[O-])cc1. The van der Waals surface area contributed by atoms with Gasteiger partial charge in [0, 0.05) is 5.69 Å². The number of hydrogen-bond donors (Lipinski definition) is 1. The molecule has 0 saturated carbocycles. The average molecular weight is 308 g/mol. The molecule has 8 heteroatoms. The van der Waals surface area contributed by atoms with Gasteiger partial charge in [-0.3, -0.25) is 14.9 Å². The van der Waals surface area contributed by atoms with Gasteiger partial charge in [-0.2, -0.15) is 0 Å². The van der Waals surface area contributed by atoms with Gasteiger partial charge >= 0.3 is 0 Å². The number of hydrogen-bond acceptors (Lipinski definition) is 5. The Labute approximate surface area is 124 Å². The number of nitrogens with zero attached hydrogens (tertiary/aromatic N) is 2. The highest BCUT2D eigenvalue weighted by Gasteiger charge is 2.21. The van der Waals surface area contributed by atoms with Gasteiger partial charge in [-0.25, -0.2) is 4.98 Å². The number of amides is 1. The summed E-state index contributed by atoms with van der Waals surface area (Å²) in [4.78, 5) is 25.9. The second-order valence-electron chi connectivity index (χ2n) is 3.96. The van der Waals surface area contributed by atoms with Crippen LogP contribution in [0, 0.1) is 10.1 Å². The molecule has 0 aliphatic rings. The van der Waals surface area contributed by atoms with Crippen LogP contribution in [0.25, 0.3) is 0 Å². The normalized spacial score (nSPS) is 10.0. The minimum absolute atomic E-state index is 0.000445. The molecular formula is C13H10ClN3O4. The summed E-state index contributed by atoms with van der Waals surface area (Å²) in [6.07, 6.45) is 0.950. The fourth-order valence-electron chi connectivity index (χ4n) is 1.62. The van der Waals surface area contributed by atoms with Gasteiger partial charge in [0.05, 0.1) is 12.0 Å². The average Bonchev–Trinajstić information content (AvgIpc) is 2.47. The lowest BCUT2D eigenvalue weighted by molar-refractivity contribution is -0.385. The van der Waals surface area contributed by atoms with Gasteiger partial charge in [-0.1, -0.05) is 11.6 Å². The molecule has 1 heterocycles. The lowest BCUT2D eigenvalue weighted by Crippen LogP contribution is -2.14. The molecule has 0 aliphatic heterocycles. The summed E-state index contributed by atoms with van der Waals surface area (Å²) in [6.45, 7) is 0. The van der Waals surface area contributed by atoms with E-state index in [0.717, 1.165) is 12.3 Å². The molecule has 108 valence electrons. The van der Waals surface area contributed by atoms with Gasteiger partial charge in [-0.15, -0.1) is 0 Å². The third-order valence-electron chi connectivity index (χ3n) is 2.64. The summed E-state index contributed by atoms with van der Waals surface area (Å²) in [6, 6.07) is 7.70. The fraction of sp³-hybridized carbons (Fsp3) is 0.0769. The largest absolute Gasteiger partial charge is 0.497 e. The molecule has 7 nitrogen and oxygen atoms in total. The van der Waals surface area contributed by atoms with Crippen molar-refractivity contribution >= 4 is 28.9 Å². The van der Waals surface area contributed by atoms with Crippen molar-refractivity contribution in [2.45, 2.75) is 0 Å². The van der Waals surface area contributed by atoms with Crippen molar-refractivity contribution in [3.8, 4) is 5.75 Å². The van der Waals surface area contributed by atoms with E-state index < -0.39 is 16.5 Å². The number of benzene rings is 1.